The number of rotatable bonds is 4. The summed E-state index contributed by atoms with van der Waals surface area (Å²) >= 11 is 0. The van der Waals surface area contributed by atoms with Gasteiger partial charge in [-0.05, 0) is 24.5 Å². The minimum absolute atomic E-state index is 0.0332. The van der Waals surface area contributed by atoms with Crippen molar-refractivity contribution in [3.63, 3.8) is 0 Å². The Morgan fingerprint density at radius 3 is 2.71 bits per heavy atom. The van der Waals surface area contributed by atoms with E-state index in [0.717, 1.165) is 11.1 Å². The molecule has 1 aromatic rings. The number of carboxylic acid groups (broad SMARTS) is 1. The number of carbonyl (C=O) groups is 2. The molecular weight excluding hydrogens is 270 g/mol. The van der Waals surface area contributed by atoms with Crippen LogP contribution in [0.1, 0.15) is 24.5 Å². The van der Waals surface area contributed by atoms with E-state index in [9.17, 15) is 14.7 Å². The zero-order valence-corrected chi connectivity index (χ0v) is 12.0. The first-order valence-corrected chi connectivity index (χ1v) is 7.33. The van der Waals surface area contributed by atoms with E-state index in [2.05, 4.69) is 0 Å². The van der Waals surface area contributed by atoms with E-state index in [1.807, 2.05) is 31.2 Å². The number of benzene rings is 1. The van der Waals surface area contributed by atoms with Gasteiger partial charge in [-0.25, -0.2) is 4.79 Å². The lowest BCUT2D eigenvalue weighted by atomic mass is 9.93. The van der Waals surface area contributed by atoms with Crippen LogP contribution in [-0.2, 0) is 27.3 Å². The van der Waals surface area contributed by atoms with E-state index in [1.54, 1.807) is 0 Å². The standard InChI is InChI=1S/C16H19NO4/c1-2-21-14-8-12(14)15(18)17-9-11-6-4-3-5-10(11)7-13(17)16(19)20/h3-6,12-14H,2,7-9H2,1H3,(H,19,20). The lowest BCUT2D eigenvalue weighted by Crippen LogP contribution is -2.49. The molecule has 0 saturated heterocycles. The van der Waals surface area contributed by atoms with Gasteiger partial charge in [0.05, 0.1) is 12.0 Å². The van der Waals surface area contributed by atoms with Crippen molar-refractivity contribution in [1.29, 1.82) is 0 Å². The van der Waals surface area contributed by atoms with Gasteiger partial charge in [-0.1, -0.05) is 24.3 Å². The predicted octanol–water partition coefficient (Wildman–Crippen LogP) is 1.45. The number of nitrogens with zero attached hydrogens (tertiary/aromatic N) is 1. The van der Waals surface area contributed by atoms with Gasteiger partial charge in [0.15, 0.2) is 0 Å². The number of amides is 1. The van der Waals surface area contributed by atoms with Crippen LogP contribution in [-0.4, -0.2) is 40.6 Å². The number of carbonyl (C=O) groups excluding carboxylic acids is 1. The summed E-state index contributed by atoms with van der Waals surface area (Å²) < 4.78 is 5.45. The second-order valence-corrected chi connectivity index (χ2v) is 5.63. The number of hydrogen-bond acceptors (Lipinski definition) is 3. The highest BCUT2D eigenvalue weighted by molar-refractivity contribution is 5.87. The predicted molar refractivity (Wildman–Crippen MR) is 75.6 cm³/mol. The van der Waals surface area contributed by atoms with Crippen molar-refractivity contribution in [3.05, 3.63) is 35.4 Å². The molecule has 0 spiro atoms. The van der Waals surface area contributed by atoms with Gasteiger partial charge in [0.2, 0.25) is 5.91 Å². The van der Waals surface area contributed by atoms with E-state index in [1.165, 1.54) is 4.90 Å². The summed E-state index contributed by atoms with van der Waals surface area (Å²) in [5.74, 6) is -1.20. The third-order valence-electron chi connectivity index (χ3n) is 4.25. The lowest BCUT2D eigenvalue weighted by Gasteiger charge is -2.34. The van der Waals surface area contributed by atoms with Crippen LogP contribution >= 0.6 is 0 Å². The lowest BCUT2D eigenvalue weighted by molar-refractivity contribution is -0.152. The normalized spacial score (nSPS) is 27.1. The molecule has 112 valence electrons. The van der Waals surface area contributed by atoms with Crippen molar-refractivity contribution in [2.45, 2.75) is 38.5 Å². The van der Waals surface area contributed by atoms with E-state index < -0.39 is 12.0 Å². The highest BCUT2D eigenvalue weighted by Gasteiger charge is 2.48. The van der Waals surface area contributed by atoms with Crippen molar-refractivity contribution < 1.29 is 19.4 Å². The van der Waals surface area contributed by atoms with Gasteiger partial charge in [-0.3, -0.25) is 4.79 Å². The van der Waals surface area contributed by atoms with Gasteiger partial charge in [0.1, 0.15) is 6.04 Å². The summed E-state index contributed by atoms with van der Waals surface area (Å²) in [7, 11) is 0. The summed E-state index contributed by atoms with van der Waals surface area (Å²) in [6.45, 7) is 2.86. The molecule has 1 aliphatic heterocycles. The molecule has 1 aromatic carbocycles. The molecule has 2 aliphatic rings. The summed E-state index contributed by atoms with van der Waals surface area (Å²) in [5, 5.41) is 9.43. The molecule has 1 heterocycles. The third kappa shape index (κ3) is 2.65. The van der Waals surface area contributed by atoms with E-state index in [-0.39, 0.29) is 17.9 Å². The highest BCUT2D eigenvalue weighted by atomic mass is 16.5. The van der Waals surface area contributed by atoms with Crippen LogP contribution in [0.15, 0.2) is 24.3 Å². The minimum atomic E-state index is -0.938. The summed E-state index contributed by atoms with van der Waals surface area (Å²) in [6.07, 6.45) is 1.05. The largest absolute Gasteiger partial charge is 0.480 e. The zero-order chi connectivity index (χ0) is 15.0. The summed E-state index contributed by atoms with van der Waals surface area (Å²) in [6, 6.07) is 6.95. The van der Waals surface area contributed by atoms with Gasteiger partial charge in [-0.15, -0.1) is 0 Å². The van der Waals surface area contributed by atoms with Crippen LogP contribution < -0.4 is 0 Å². The quantitative estimate of drug-likeness (QED) is 0.911. The molecular formula is C16H19NO4. The van der Waals surface area contributed by atoms with Crippen LogP contribution in [0, 0.1) is 5.92 Å². The van der Waals surface area contributed by atoms with Crippen molar-refractivity contribution in [3.8, 4) is 0 Å². The third-order valence-corrected chi connectivity index (χ3v) is 4.25. The van der Waals surface area contributed by atoms with Gasteiger partial charge >= 0.3 is 5.97 Å². The van der Waals surface area contributed by atoms with Gasteiger partial charge in [-0.2, -0.15) is 0 Å². The molecule has 0 bridgehead atoms. The zero-order valence-electron chi connectivity index (χ0n) is 12.0. The van der Waals surface area contributed by atoms with E-state index in [4.69, 9.17) is 4.74 Å². The van der Waals surface area contributed by atoms with E-state index >= 15 is 0 Å². The fourth-order valence-electron chi connectivity index (χ4n) is 3.02. The average molecular weight is 289 g/mol. The topological polar surface area (TPSA) is 66.8 Å². The molecule has 1 saturated carbocycles. The maximum Gasteiger partial charge on any atom is 0.326 e. The Bertz CT molecular complexity index is 571. The molecule has 1 fully saturated rings. The molecule has 21 heavy (non-hydrogen) atoms. The van der Waals surface area contributed by atoms with Crippen molar-refractivity contribution in [1.82, 2.24) is 4.90 Å². The fourth-order valence-corrected chi connectivity index (χ4v) is 3.02. The number of carboxylic acids is 1. The highest BCUT2D eigenvalue weighted by Crippen LogP contribution is 2.37. The molecule has 3 unspecified atom stereocenters. The second kappa shape index (κ2) is 5.48. The molecule has 1 amide bonds. The number of ether oxygens (including phenoxy) is 1. The number of fused-ring (bicyclic) bond motifs is 1. The van der Waals surface area contributed by atoms with Gasteiger partial charge < -0.3 is 14.7 Å². The maximum absolute atomic E-state index is 12.6. The van der Waals surface area contributed by atoms with Crippen LogP contribution in [0.5, 0.6) is 0 Å². The monoisotopic (exact) mass is 289 g/mol. The molecule has 1 aliphatic carbocycles. The Morgan fingerprint density at radius 2 is 2.05 bits per heavy atom. The van der Waals surface area contributed by atoms with Crippen molar-refractivity contribution in [2.75, 3.05) is 6.61 Å². The minimum Gasteiger partial charge on any atom is -0.480 e. The Balaban J connectivity index is 1.80. The first-order valence-electron chi connectivity index (χ1n) is 7.33. The molecule has 3 rings (SSSR count). The summed E-state index contributed by atoms with van der Waals surface area (Å²) in [4.78, 5) is 25.6. The van der Waals surface area contributed by atoms with Gasteiger partial charge in [0, 0.05) is 19.6 Å². The van der Waals surface area contributed by atoms with Crippen LogP contribution in [0.4, 0.5) is 0 Å². The summed E-state index contributed by atoms with van der Waals surface area (Å²) in [5.41, 5.74) is 2.06. The smallest absolute Gasteiger partial charge is 0.326 e. The Kier molecular flexibility index (Phi) is 3.68. The first kappa shape index (κ1) is 14.1. The number of aliphatic carboxylic acids is 1. The first-order chi connectivity index (χ1) is 10.1. The molecule has 5 heteroatoms. The average Bonchev–Trinajstić information content (AvgIpc) is 3.24. The Labute approximate surface area is 123 Å². The van der Waals surface area contributed by atoms with Crippen molar-refractivity contribution in [2.24, 2.45) is 5.92 Å². The fraction of sp³-hybridized carbons (Fsp3) is 0.500. The molecule has 1 N–H and O–H groups in total. The molecule has 0 radical (unpaired) electrons. The van der Waals surface area contributed by atoms with Crippen LogP contribution in [0.3, 0.4) is 0 Å². The number of hydrogen-bond donors (Lipinski definition) is 1. The SMILES string of the molecule is CCOC1CC1C(=O)N1Cc2ccccc2CC1C(=O)O. The second-order valence-electron chi connectivity index (χ2n) is 5.63. The molecule has 3 atom stereocenters. The van der Waals surface area contributed by atoms with Gasteiger partial charge in [0.25, 0.3) is 0 Å². The molecule has 0 aromatic heterocycles. The van der Waals surface area contributed by atoms with Crippen molar-refractivity contribution >= 4 is 11.9 Å². The molecule has 5 nitrogen and oxygen atoms in total. The van der Waals surface area contributed by atoms with Crippen LogP contribution in [0.2, 0.25) is 0 Å². The Morgan fingerprint density at radius 1 is 1.33 bits per heavy atom. The Hall–Kier alpha value is -1.88. The van der Waals surface area contributed by atoms with E-state index in [0.29, 0.717) is 26.0 Å². The van der Waals surface area contributed by atoms with Crippen LogP contribution in [0.25, 0.3) is 0 Å². The maximum atomic E-state index is 12.6.